The molecule has 0 bridgehead atoms. The van der Waals surface area contributed by atoms with Crippen molar-refractivity contribution in [1.82, 2.24) is 19.5 Å². The zero-order valence-electron chi connectivity index (χ0n) is 17.3. The zero-order valence-corrected chi connectivity index (χ0v) is 19.7. The number of hydrogen-bond donors (Lipinski definition) is 4. The molecule has 1 aliphatic rings. The van der Waals surface area contributed by atoms with Gasteiger partial charge < -0.3 is 26.2 Å². The Morgan fingerprint density at radius 1 is 1.06 bits per heavy atom. The molecule has 5 rings (SSSR count). The van der Waals surface area contributed by atoms with Gasteiger partial charge in [-0.15, -0.1) is 11.8 Å². The predicted octanol–water partition coefficient (Wildman–Crippen LogP) is 3.18. The summed E-state index contributed by atoms with van der Waals surface area (Å²) in [4.78, 5) is 13.2. The number of nitrogen functional groups attached to an aromatic ring is 2. The molecule has 6 N–H and O–H groups in total. The van der Waals surface area contributed by atoms with Crippen LogP contribution in [0, 0.1) is 6.92 Å². The number of thioether (sulfide) groups is 1. The molecule has 1 aliphatic heterocycles. The monoisotopic (exact) mass is 514 g/mol. The fourth-order valence-electron chi connectivity index (χ4n) is 4.24. The average molecular weight is 515 g/mol. The summed E-state index contributed by atoms with van der Waals surface area (Å²) in [6.07, 6.45) is 1.57. The van der Waals surface area contributed by atoms with Crippen molar-refractivity contribution < 1.29 is 10.2 Å². The minimum absolute atomic E-state index is 0.119. The van der Waals surface area contributed by atoms with Crippen molar-refractivity contribution in [2.45, 2.75) is 42.6 Å². The predicted molar refractivity (Wildman–Crippen MR) is 131 cm³/mol. The van der Waals surface area contributed by atoms with Crippen LogP contribution in [0.5, 0.6) is 0 Å². The maximum absolute atomic E-state index is 10.8. The van der Waals surface area contributed by atoms with E-state index in [-0.39, 0.29) is 10.6 Å². The number of pyridine rings is 1. The number of fused-ring (bicyclic) bond motifs is 2. The minimum Gasteiger partial charge on any atom is -0.389 e. The standard InChI is InChI=1S/C22H23BrN6O2S/c1-10-26-19(24)13-6-7-29(21(13)27-10)22-18(31)17(30)16(32-22)5-3-11-2-4-12-9-14(23)20(25)28-15(12)8-11/h2,4,6-9,16-18,22,30-31H,3,5H2,1H3,(H2,25,28)(H2,24,26,27)/t16-,17-,18-,22-/m1/s1. The summed E-state index contributed by atoms with van der Waals surface area (Å²) in [7, 11) is 0. The van der Waals surface area contributed by atoms with Crippen LogP contribution < -0.4 is 11.5 Å². The van der Waals surface area contributed by atoms with Crippen molar-refractivity contribution in [3.8, 4) is 0 Å². The van der Waals surface area contributed by atoms with Crippen LogP contribution in [0.15, 0.2) is 41.0 Å². The third-order valence-corrected chi connectivity index (χ3v) is 8.19. The number of nitrogens with two attached hydrogens (primary N) is 2. The van der Waals surface area contributed by atoms with Crippen molar-refractivity contribution in [3.05, 3.63) is 52.4 Å². The fraction of sp³-hybridized carbons (Fsp3) is 0.318. The summed E-state index contributed by atoms with van der Waals surface area (Å²) in [6, 6.07) is 9.92. The molecule has 0 radical (unpaired) electrons. The summed E-state index contributed by atoms with van der Waals surface area (Å²) < 4.78 is 2.67. The van der Waals surface area contributed by atoms with Crippen LogP contribution in [-0.4, -0.2) is 47.2 Å². The number of halogens is 1. The Balaban J connectivity index is 1.35. The Morgan fingerprint density at radius 3 is 2.69 bits per heavy atom. The van der Waals surface area contributed by atoms with Crippen LogP contribution in [0.2, 0.25) is 0 Å². The molecule has 166 valence electrons. The SMILES string of the molecule is Cc1nc(N)c2ccn([C@@H]3S[C@H](CCc4ccc5cc(Br)c(N)nc5c4)[C@@H](O)[C@H]3O)c2n1. The summed E-state index contributed by atoms with van der Waals surface area (Å²) in [5.41, 5.74) is 14.6. The average Bonchev–Trinajstić information content (AvgIpc) is 3.29. The molecule has 3 aromatic heterocycles. The lowest BCUT2D eigenvalue weighted by Gasteiger charge is -2.18. The number of aryl methyl sites for hydroxylation is 2. The molecule has 8 nitrogen and oxygen atoms in total. The first-order chi connectivity index (χ1) is 15.3. The third kappa shape index (κ3) is 3.71. The Labute approximate surface area is 197 Å². The summed E-state index contributed by atoms with van der Waals surface area (Å²) in [5, 5.41) is 22.8. The molecule has 32 heavy (non-hydrogen) atoms. The topological polar surface area (TPSA) is 136 Å². The molecule has 0 aliphatic carbocycles. The second-order valence-electron chi connectivity index (χ2n) is 8.08. The second-order valence-corrected chi connectivity index (χ2v) is 10.3. The van der Waals surface area contributed by atoms with E-state index in [4.69, 9.17) is 11.5 Å². The van der Waals surface area contributed by atoms with Crippen LogP contribution >= 0.6 is 27.7 Å². The van der Waals surface area contributed by atoms with Crippen LogP contribution in [0.3, 0.4) is 0 Å². The molecular weight excluding hydrogens is 492 g/mol. The van der Waals surface area contributed by atoms with Crippen LogP contribution in [0.25, 0.3) is 21.9 Å². The highest BCUT2D eigenvalue weighted by Crippen LogP contribution is 2.45. The van der Waals surface area contributed by atoms with Crippen LogP contribution in [0.4, 0.5) is 11.6 Å². The van der Waals surface area contributed by atoms with E-state index < -0.39 is 12.2 Å². The zero-order chi connectivity index (χ0) is 22.6. The van der Waals surface area contributed by atoms with E-state index in [9.17, 15) is 10.2 Å². The molecule has 1 saturated heterocycles. The third-order valence-electron chi connectivity index (χ3n) is 5.90. The Bertz CT molecular complexity index is 1330. The lowest BCUT2D eigenvalue weighted by atomic mass is 10.0. The van der Waals surface area contributed by atoms with Crippen LogP contribution in [-0.2, 0) is 6.42 Å². The van der Waals surface area contributed by atoms with E-state index in [1.165, 1.54) is 0 Å². The van der Waals surface area contributed by atoms with Gasteiger partial charge in [0.1, 0.15) is 34.6 Å². The highest BCUT2D eigenvalue weighted by Gasteiger charge is 2.43. The summed E-state index contributed by atoms with van der Waals surface area (Å²) in [5.74, 6) is 1.45. The fourth-order valence-corrected chi connectivity index (χ4v) is 6.13. The Kier molecular flexibility index (Phi) is 5.48. The maximum atomic E-state index is 10.8. The van der Waals surface area contributed by atoms with E-state index >= 15 is 0 Å². The van der Waals surface area contributed by atoms with Gasteiger partial charge in [-0.3, -0.25) is 0 Å². The molecule has 4 heterocycles. The molecule has 4 aromatic rings. The largest absolute Gasteiger partial charge is 0.389 e. The van der Waals surface area contributed by atoms with Gasteiger partial charge in [-0.1, -0.05) is 12.1 Å². The first-order valence-corrected chi connectivity index (χ1v) is 12.0. The number of aliphatic hydroxyl groups is 2. The van der Waals surface area contributed by atoms with Gasteiger partial charge in [0.15, 0.2) is 0 Å². The molecule has 0 spiro atoms. The number of anilines is 2. The maximum Gasteiger partial charge on any atom is 0.146 e. The van der Waals surface area contributed by atoms with Gasteiger partial charge in [0, 0.05) is 16.8 Å². The van der Waals surface area contributed by atoms with E-state index in [1.54, 1.807) is 18.7 Å². The minimum atomic E-state index is -0.910. The number of aromatic nitrogens is 4. The van der Waals surface area contributed by atoms with Crippen molar-refractivity contribution in [2.75, 3.05) is 11.5 Å². The van der Waals surface area contributed by atoms with Gasteiger partial charge in [0.25, 0.3) is 0 Å². The number of rotatable bonds is 4. The number of benzene rings is 1. The molecular formula is C22H23BrN6O2S. The smallest absolute Gasteiger partial charge is 0.146 e. The highest BCUT2D eigenvalue weighted by atomic mass is 79.9. The van der Waals surface area contributed by atoms with Gasteiger partial charge in [-0.2, -0.15) is 0 Å². The van der Waals surface area contributed by atoms with E-state index in [1.807, 2.05) is 35.0 Å². The van der Waals surface area contributed by atoms with Gasteiger partial charge >= 0.3 is 0 Å². The summed E-state index contributed by atoms with van der Waals surface area (Å²) >= 11 is 4.97. The number of hydrogen-bond acceptors (Lipinski definition) is 8. The van der Waals surface area contributed by atoms with Gasteiger partial charge in [0.05, 0.1) is 21.5 Å². The number of nitrogens with zero attached hydrogens (tertiary/aromatic N) is 4. The second kappa shape index (κ2) is 8.18. The Morgan fingerprint density at radius 2 is 1.88 bits per heavy atom. The quantitative estimate of drug-likeness (QED) is 0.326. The van der Waals surface area contributed by atoms with E-state index in [2.05, 4.69) is 36.9 Å². The van der Waals surface area contributed by atoms with Crippen molar-refractivity contribution in [1.29, 1.82) is 0 Å². The van der Waals surface area contributed by atoms with Crippen LogP contribution in [0.1, 0.15) is 23.2 Å². The van der Waals surface area contributed by atoms with Crippen molar-refractivity contribution in [2.24, 2.45) is 0 Å². The molecule has 1 fully saturated rings. The van der Waals surface area contributed by atoms with Crippen molar-refractivity contribution >= 4 is 61.3 Å². The van der Waals surface area contributed by atoms with Crippen molar-refractivity contribution in [3.63, 3.8) is 0 Å². The lowest BCUT2D eigenvalue weighted by Crippen LogP contribution is -2.31. The summed E-state index contributed by atoms with van der Waals surface area (Å²) in [6.45, 7) is 1.79. The number of aliphatic hydroxyl groups excluding tert-OH is 2. The van der Waals surface area contributed by atoms with Gasteiger partial charge in [-0.05, 0) is 59.5 Å². The Hall–Kier alpha value is -2.40. The lowest BCUT2D eigenvalue weighted by molar-refractivity contribution is 0.0176. The van der Waals surface area contributed by atoms with Gasteiger partial charge in [-0.25, -0.2) is 15.0 Å². The molecule has 1 aromatic carbocycles. The molecule has 0 unspecified atom stereocenters. The molecule has 0 amide bonds. The molecule has 0 saturated carbocycles. The van der Waals surface area contributed by atoms with E-state index in [0.717, 1.165) is 32.7 Å². The first-order valence-electron chi connectivity index (χ1n) is 10.3. The molecule has 10 heteroatoms. The highest BCUT2D eigenvalue weighted by molar-refractivity contribution is 9.10. The molecule has 4 atom stereocenters. The normalized spacial score (nSPS) is 23.4. The van der Waals surface area contributed by atoms with Gasteiger partial charge in [0.2, 0.25) is 0 Å². The first kappa shape index (κ1) is 21.4. The van der Waals surface area contributed by atoms with E-state index in [0.29, 0.717) is 29.5 Å².